The molecule has 14 heteroatoms. The van der Waals surface area contributed by atoms with E-state index in [0.717, 1.165) is 35.6 Å². The molecule has 1 aromatic heterocycles. The molecular weight excluding hydrogens is 438 g/mol. The number of sulfonamides is 1. The molecular formula is C16H11N5O7S2. The van der Waals surface area contributed by atoms with E-state index in [1.165, 1.54) is 24.4 Å². The van der Waals surface area contributed by atoms with Gasteiger partial charge < -0.3 is 0 Å². The number of benzene rings is 2. The summed E-state index contributed by atoms with van der Waals surface area (Å²) >= 11 is 1.10. The molecule has 0 fully saturated rings. The topological polar surface area (TPSA) is 174 Å². The predicted octanol–water partition coefficient (Wildman–Crippen LogP) is 3.01. The molecule has 30 heavy (non-hydrogen) atoms. The summed E-state index contributed by atoms with van der Waals surface area (Å²) in [5.41, 5.74) is -1.79. The quantitative estimate of drug-likeness (QED) is 0.409. The molecule has 12 nitrogen and oxygen atoms in total. The van der Waals surface area contributed by atoms with E-state index >= 15 is 0 Å². The van der Waals surface area contributed by atoms with E-state index in [4.69, 9.17) is 0 Å². The minimum atomic E-state index is -4.50. The zero-order chi connectivity index (χ0) is 21.9. The van der Waals surface area contributed by atoms with E-state index in [2.05, 4.69) is 10.3 Å². The number of carbonyl (C=O) groups excluding carboxylic acids is 1. The van der Waals surface area contributed by atoms with E-state index < -0.39 is 42.0 Å². The first-order chi connectivity index (χ1) is 14.2. The van der Waals surface area contributed by atoms with Crippen LogP contribution in [0.2, 0.25) is 0 Å². The summed E-state index contributed by atoms with van der Waals surface area (Å²) in [6, 6.07) is 7.58. The number of nitrogens with one attached hydrogen (secondary N) is 2. The summed E-state index contributed by atoms with van der Waals surface area (Å²) in [5, 5.41) is 26.5. The molecule has 0 saturated heterocycles. The number of carbonyl (C=O) groups is 1. The molecule has 0 radical (unpaired) electrons. The Morgan fingerprint density at radius 1 is 1.07 bits per heavy atom. The molecule has 2 N–H and O–H groups in total. The lowest BCUT2D eigenvalue weighted by Crippen LogP contribution is -2.17. The van der Waals surface area contributed by atoms with Gasteiger partial charge in [0.05, 0.1) is 14.7 Å². The average Bonchev–Trinajstić information content (AvgIpc) is 3.20. The molecule has 2 aromatic carbocycles. The van der Waals surface area contributed by atoms with Crippen LogP contribution in [-0.2, 0) is 10.0 Å². The van der Waals surface area contributed by atoms with E-state index in [-0.39, 0.29) is 16.4 Å². The van der Waals surface area contributed by atoms with Crippen molar-refractivity contribution in [3.8, 4) is 0 Å². The fourth-order valence-corrected chi connectivity index (χ4v) is 4.01. The van der Waals surface area contributed by atoms with Crippen molar-refractivity contribution in [1.29, 1.82) is 0 Å². The maximum atomic E-state index is 12.7. The summed E-state index contributed by atoms with van der Waals surface area (Å²) in [6.45, 7) is 0. The minimum absolute atomic E-state index is 0.217. The molecule has 0 saturated carbocycles. The second kappa shape index (κ2) is 8.22. The van der Waals surface area contributed by atoms with Gasteiger partial charge in [0.2, 0.25) is 0 Å². The first-order valence-electron chi connectivity index (χ1n) is 7.94. The van der Waals surface area contributed by atoms with E-state index in [9.17, 15) is 33.4 Å². The van der Waals surface area contributed by atoms with Gasteiger partial charge in [0, 0.05) is 35.3 Å². The third kappa shape index (κ3) is 4.56. The van der Waals surface area contributed by atoms with Crippen LogP contribution in [0.1, 0.15) is 10.4 Å². The van der Waals surface area contributed by atoms with Crippen LogP contribution in [0.25, 0.3) is 0 Å². The zero-order valence-corrected chi connectivity index (χ0v) is 16.3. The highest BCUT2D eigenvalue weighted by Gasteiger charge is 2.25. The van der Waals surface area contributed by atoms with Crippen molar-refractivity contribution < 1.29 is 23.1 Å². The SMILES string of the molecule is O=C(Nc1nccs1)c1cc([N+](=O)[O-])cc(S(=O)(=O)Nc2ccccc2[N+](=O)[O-])c1. The number of amides is 1. The number of hydrogen-bond acceptors (Lipinski definition) is 9. The number of hydrogen-bond donors (Lipinski definition) is 2. The Morgan fingerprint density at radius 3 is 2.43 bits per heavy atom. The van der Waals surface area contributed by atoms with Crippen molar-refractivity contribution in [3.05, 3.63) is 79.8 Å². The standard InChI is InChI=1S/C16H11N5O7S2/c22-15(18-16-17-5-6-29-16)10-7-11(20(23)24)9-12(8-10)30(27,28)19-13-3-1-2-4-14(13)21(25)26/h1-9,19H,(H,17,18,22). The van der Waals surface area contributed by atoms with Crippen molar-refractivity contribution in [2.75, 3.05) is 10.0 Å². The highest BCUT2D eigenvalue weighted by atomic mass is 32.2. The zero-order valence-electron chi connectivity index (χ0n) is 14.7. The second-order valence-corrected chi connectivity index (χ2v) is 8.22. The number of nitro benzene ring substituents is 2. The van der Waals surface area contributed by atoms with Gasteiger partial charge in [0.1, 0.15) is 5.69 Å². The number of nitro groups is 2. The summed E-state index contributed by atoms with van der Waals surface area (Å²) in [7, 11) is -4.50. The first-order valence-corrected chi connectivity index (χ1v) is 10.3. The van der Waals surface area contributed by atoms with Crippen molar-refractivity contribution >= 4 is 49.5 Å². The number of rotatable bonds is 7. The van der Waals surface area contributed by atoms with E-state index in [0.29, 0.717) is 0 Å². The lowest BCUT2D eigenvalue weighted by molar-refractivity contribution is -0.385. The molecule has 0 aliphatic heterocycles. The Kier molecular flexibility index (Phi) is 5.70. The fourth-order valence-electron chi connectivity index (χ4n) is 2.35. The van der Waals surface area contributed by atoms with Gasteiger partial charge in [-0.3, -0.25) is 35.1 Å². The molecule has 0 atom stereocenters. The van der Waals surface area contributed by atoms with E-state index in [1.807, 2.05) is 4.72 Å². The lowest BCUT2D eigenvalue weighted by atomic mass is 10.2. The summed E-state index contributed by atoms with van der Waals surface area (Å²) in [4.78, 5) is 36.3. The largest absolute Gasteiger partial charge is 0.298 e. The van der Waals surface area contributed by atoms with Crippen LogP contribution in [0, 0.1) is 20.2 Å². The molecule has 3 aromatic rings. The monoisotopic (exact) mass is 449 g/mol. The highest BCUT2D eigenvalue weighted by molar-refractivity contribution is 7.92. The van der Waals surface area contributed by atoms with Crippen molar-refractivity contribution in [2.45, 2.75) is 4.90 Å². The van der Waals surface area contributed by atoms with Gasteiger partial charge in [-0.15, -0.1) is 11.3 Å². The number of thiazole rings is 1. The minimum Gasteiger partial charge on any atom is -0.298 e. The van der Waals surface area contributed by atoms with Crippen molar-refractivity contribution in [2.24, 2.45) is 0 Å². The number of non-ortho nitro benzene ring substituents is 1. The number of anilines is 2. The third-order valence-corrected chi connectivity index (χ3v) is 5.71. The van der Waals surface area contributed by atoms with Crippen LogP contribution in [0.3, 0.4) is 0 Å². The fraction of sp³-hybridized carbons (Fsp3) is 0. The molecule has 154 valence electrons. The number of aromatic nitrogens is 1. The van der Waals surface area contributed by atoms with E-state index in [1.54, 1.807) is 5.38 Å². The summed E-state index contributed by atoms with van der Waals surface area (Å²) in [5.74, 6) is -0.809. The molecule has 0 aliphatic carbocycles. The summed E-state index contributed by atoms with van der Waals surface area (Å²) in [6.07, 6.45) is 1.43. The van der Waals surface area contributed by atoms with Crippen LogP contribution in [0.4, 0.5) is 22.2 Å². The average molecular weight is 449 g/mol. The molecule has 0 spiro atoms. The molecule has 1 heterocycles. The Hall–Kier alpha value is -3.91. The third-order valence-electron chi connectivity index (χ3n) is 3.67. The molecule has 3 rings (SSSR count). The lowest BCUT2D eigenvalue weighted by Gasteiger charge is -2.10. The smallest absolute Gasteiger partial charge is 0.293 e. The number of para-hydroxylation sites is 2. The normalized spacial score (nSPS) is 10.9. The van der Waals surface area contributed by atoms with Gasteiger partial charge in [-0.1, -0.05) is 12.1 Å². The number of nitrogens with zero attached hydrogens (tertiary/aromatic N) is 3. The predicted molar refractivity (Wildman–Crippen MR) is 107 cm³/mol. The molecule has 0 aliphatic rings. The van der Waals surface area contributed by atoms with Crippen molar-refractivity contribution in [3.63, 3.8) is 0 Å². The van der Waals surface area contributed by atoms with Gasteiger partial charge in [0.15, 0.2) is 5.13 Å². The molecule has 1 amide bonds. The van der Waals surface area contributed by atoms with Gasteiger partial charge >= 0.3 is 0 Å². The van der Waals surface area contributed by atoms with Crippen LogP contribution < -0.4 is 10.0 Å². The molecule has 0 unspecified atom stereocenters. The first kappa shape index (κ1) is 20.8. The van der Waals surface area contributed by atoms with Crippen LogP contribution >= 0.6 is 11.3 Å². The Bertz CT molecular complexity index is 1240. The van der Waals surface area contributed by atoms with Crippen LogP contribution in [-0.4, -0.2) is 29.2 Å². The van der Waals surface area contributed by atoms with Crippen LogP contribution in [0.15, 0.2) is 58.9 Å². The van der Waals surface area contributed by atoms with Crippen molar-refractivity contribution in [1.82, 2.24) is 4.98 Å². The van der Waals surface area contributed by atoms with Gasteiger partial charge in [-0.25, -0.2) is 13.4 Å². The maximum absolute atomic E-state index is 12.7. The highest BCUT2D eigenvalue weighted by Crippen LogP contribution is 2.28. The second-order valence-electron chi connectivity index (χ2n) is 5.64. The van der Waals surface area contributed by atoms with Crippen LogP contribution in [0.5, 0.6) is 0 Å². The van der Waals surface area contributed by atoms with Gasteiger partial charge in [0.25, 0.3) is 27.3 Å². The Labute approximate surface area is 172 Å². The molecule has 0 bridgehead atoms. The van der Waals surface area contributed by atoms with Gasteiger partial charge in [-0.2, -0.15) is 0 Å². The Balaban J connectivity index is 2.02. The summed E-state index contributed by atoms with van der Waals surface area (Å²) < 4.78 is 27.5. The Morgan fingerprint density at radius 2 is 1.80 bits per heavy atom. The maximum Gasteiger partial charge on any atom is 0.293 e. The van der Waals surface area contributed by atoms with Gasteiger partial charge in [-0.05, 0) is 12.1 Å².